The Bertz CT molecular complexity index is 467. The highest BCUT2D eigenvalue weighted by Gasteiger charge is 2.38. The van der Waals surface area contributed by atoms with Gasteiger partial charge in [0.2, 0.25) is 5.91 Å². The van der Waals surface area contributed by atoms with Gasteiger partial charge in [0.05, 0.1) is 19.3 Å². The summed E-state index contributed by atoms with van der Waals surface area (Å²) in [5.41, 5.74) is 0.747. The van der Waals surface area contributed by atoms with Gasteiger partial charge in [0.15, 0.2) is 6.29 Å². The zero-order chi connectivity index (χ0) is 20.2. The Morgan fingerprint density at radius 3 is 2.74 bits per heavy atom. The van der Waals surface area contributed by atoms with E-state index in [0.29, 0.717) is 31.4 Å². The summed E-state index contributed by atoms with van der Waals surface area (Å²) in [5.74, 6) is 1.22. The van der Waals surface area contributed by atoms with Gasteiger partial charge in [-0.2, -0.15) is 0 Å². The van der Waals surface area contributed by atoms with Crippen LogP contribution in [-0.4, -0.2) is 55.4 Å². The molecule has 0 spiro atoms. The highest BCUT2D eigenvalue weighted by Crippen LogP contribution is 2.43. The average molecular weight is 384 g/mol. The summed E-state index contributed by atoms with van der Waals surface area (Å²) in [7, 11) is 1.00. The lowest BCUT2D eigenvalue weighted by Gasteiger charge is -2.39. The molecule has 156 valence electrons. The fourth-order valence-electron chi connectivity index (χ4n) is 4.09. The van der Waals surface area contributed by atoms with Crippen LogP contribution in [0.3, 0.4) is 0 Å². The molecule has 0 bridgehead atoms. The molecule has 1 saturated carbocycles. The minimum atomic E-state index is -0.985. The standard InChI is InChI=1S/C20H33NO4.CH4O/c1-4-16-10-9-15-7-6-8-17(18(15)13-25-16)14(3)20(23)24-12-11-21-19(22)5-2;1-2/h4,15-18,20,23H,1,3,5-13H2,2H3,(H,21,22);2H,1H3. The van der Waals surface area contributed by atoms with Crippen molar-refractivity contribution in [3.8, 4) is 0 Å². The summed E-state index contributed by atoms with van der Waals surface area (Å²) in [5, 5.41) is 20.1. The average Bonchev–Trinajstić information content (AvgIpc) is 2.93. The van der Waals surface area contributed by atoms with Gasteiger partial charge in [-0.15, -0.1) is 6.58 Å². The third kappa shape index (κ3) is 7.37. The molecule has 0 radical (unpaired) electrons. The number of nitrogens with one attached hydrogen (secondary N) is 1. The van der Waals surface area contributed by atoms with E-state index in [4.69, 9.17) is 14.6 Å². The third-order valence-electron chi connectivity index (χ3n) is 5.61. The van der Waals surface area contributed by atoms with Gasteiger partial charge >= 0.3 is 0 Å². The molecule has 1 aliphatic heterocycles. The normalized spacial score (nSPS) is 28.6. The van der Waals surface area contributed by atoms with Crippen LogP contribution in [0.4, 0.5) is 0 Å². The lowest BCUT2D eigenvalue weighted by atomic mass is 9.68. The van der Waals surface area contributed by atoms with E-state index in [1.54, 1.807) is 6.92 Å². The van der Waals surface area contributed by atoms with E-state index >= 15 is 0 Å². The van der Waals surface area contributed by atoms with Crippen LogP contribution >= 0.6 is 0 Å². The van der Waals surface area contributed by atoms with Crippen LogP contribution in [-0.2, 0) is 14.3 Å². The largest absolute Gasteiger partial charge is 0.400 e. The second kappa shape index (κ2) is 13.0. The number of aliphatic hydroxyl groups excluding tert-OH is 2. The third-order valence-corrected chi connectivity index (χ3v) is 5.61. The first-order valence-electron chi connectivity index (χ1n) is 10.0. The van der Waals surface area contributed by atoms with Crippen molar-refractivity contribution in [2.24, 2.45) is 17.8 Å². The summed E-state index contributed by atoms with van der Waals surface area (Å²) in [6.07, 6.45) is 7.07. The van der Waals surface area contributed by atoms with Crippen molar-refractivity contribution >= 4 is 5.91 Å². The van der Waals surface area contributed by atoms with Gasteiger partial charge in [0, 0.05) is 20.1 Å². The summed E-state index contributed by atoms with van der Waals surface area (Å²) < 4.78 is 11.5. The molecule has 3 N–H and O–H groups in total. The van der Waals surface area contributed by atoms with Gasteiger partial charge in [-0.25, -0.2) is 0 Å². The molecule has 2 aliphatic rings. The van der Waals surface area contributed by atoms with E-state index in [1.165, 1.54) is 6.42 Å². The predicted molar refractivity (Wildman–Crippen MR) is 106 cm³/mol. The molecule has 1 amide bonds. The van der Waals surface area contributed by atoms with Crippen molar-refractivity contribution in [2.45, 2.75) is 57.8 Å². The highest BCUT2D eigenvalue weighted by molar-refractivity contribution is 5.75. The van der Waals surface area contributed by atoms with Gasteiger partial charge in [-0.1, -0.05) is 32.4 Å². The SMILES string of the molecule is C=CC1CCC2CCCC(C(=C)C(O)OCCNC(=O)CC)C2CO1.CO. The van der Waals surface area contributed by atoms with Crippen molar-refractivity contribution < 1.29 is 24.5 Å². The topological polar surface area (TPSA) is 88.0 Å². The maximum atomic E-state index is 11.2. The summed E-state index contributed by atoms with van der Waals surface area (Å²) >= 11 is 0. The second-order valence-corrected chi connectivity index (χ2v) is 7.15. The van der Waals surface area contributed by atoms with Crippen molar-refractivity contribution in [3.05, 3.63) is 24.8 Å². The molecule has 6 nitrogen and oxygen atoms in total. The fraction of sp³-hybridized carbons (Fsp3) is 0.762. The molecule has 1 saturated heterocycles. The zero-order valence-corrected chi connectivity index (χ0v) is 16.9. The van der Waals surface area contributed by atoms with Crippen molar-refractivity contribution in [2.75, 3.05) is 26.9 Å². The monoisotopic (exact) mass is 383 g/mol. The van der Waals surface area contributed by atoms with E-state index in [0.717, 1.165) is 38.4 Å². The van der Waals surface area contributed by atoms with Crippen LogP contribution in [0.2, 0.25) is 0 Å². The second-order valence-electron chi connectivity index (χ2n) is 7.15. The Morgan fingerprint density at radius 1 is 1.33 bits per heavy atom. The predicted octanol–water partition coefficient (Wildman–Crippen LogP) is 2.41. The Balaban J connectivity index is 0.00000176. The zero-order valence-electron chi connectivity index (χ0n) is 16.9. The van der Waals surface area contributed by atoms with E-state index in [2.05, 4.69) is 18.5 Å². The smallest absolute Gasteiger partial charge is 0.219 e. The quantitative estimate of drug-likeness (QED) is 0.340. The number of hydrogen-bond acceptors (Lipinski definition) is 5. The van der Waals surface area contributed by atoms with Crippen LogP contribution in [0.15, 0.2) is 24.8 Å². The molecule has 0 aromatic heterocycles. The number of aliphatic hydroxyl groups is 2. The van der Waals surface area contributed by atoms with Crippen LogP contribution in [0.25, 0.3) is 0 Å². The molecule has 0 aromatic carbocycles. The molecule has 27 heavy (non-hydrogen) atoms. The lowest BCUT2D eigenvalue weighted by molar-refractivity contribution is -0.122. The molecule has 6 heteroatoms. The Hall–Kier alpha value is -1.21. The fourth-order valence-corrected chi connectivity index (χ4v) is 4.09. The molecule has 2 fully saturated rings. The Labute approximate surface area is 163 Å². The van der Waals surface area contributed by atoms with Crippen molar-refractivity contribution in [1.29, 1.82) is 0 Å². The molecule has 1 heterocycles. The summed E-state index contributed by atoms with van der Waals surface area (Å²) in [6, 6.07) is 0. The van der Waals surface area contributed by atoms with E-state index in [1.807, 2.05) is 6.08 Å². The number of carbonyl (C=O) groups is 1. The minimum Gasteiger partial charge on any atom is -0.400 e. The number of amides is 1. The maximum Gasteiger partial charge on any atom is 0.219 e. The van der Waals surface area contributed by atoms with Gasteiger partial charge in [-0.3, -0.25) is 4.79 Å². The van der Waals surface area contributed by atoms with Gasteiger partial charge in [0.25, 0.3) is 0 Å². The number of fused-ring (bicyclic) bond motifs is 1. The molecule has 1 aliphatic carbocycles. The number of ether oxygens (including phenoxy) is 2. The number of hydrogen-bond donors (Lipinski definition) is 3. The molecule has 5 atom stereocenters. The van der Waals surface area contributed by atoms with Crippen LogP contribution in [0.1, 0.15) is 45.4 Å². The van der Waals surface area contributed by atoms with Crippen LogP contribution in [0, 0.1) is 17.8 Å². The molecular weight excluding hydrogens is 346 g/mol. The first-order chi connectivity index (χ1) is 13.1. The van der Waals surface area contributed by atoms with Crippen LogP contribution < -0.4 is 5.32 Å². The van der Waals surface area contributed by atoms with Gasteiger partial charge in [0.1, 0.15) is 0 Å². The highest BCUT2D eigenvalue weighted by atomic mass is 16.6. The summed E-state index contributed by atoms with van der Waals surface area (Å²) in [4.78, 5) is 11.2. The van der Waals surface area contributed by atoms with E-state index < -0.39 is 6.29 Å². The maximum absolute atomic E-state index is 11.2. The van der Waals surface area contributed by atoms with E-state index in [-0.39, 0.29) is 24.5 Å². The number of carbonyl (C=O) groups excluding carboxylic acids is 1. The molecular formula is C21H37NO5. The lowest BCUT2D eigenvalue weighted by Crippen LogP contribution is -2.36. The Morgan fingerprint density at radius 2 is 2.07 bits per heavy atom. The molecule has 0 aromatic rings. The molecule has 2 rings (SSSR count). The van der Waals surface area contributed by atoms with Crippen molar-refractivity contribution in [1.82, 2.24) is 5.32 Å². The van der Waals surface area contributed by atoms with E-state index in [9.17, 15) is 9.90 Å². The Kier molecular flexibility index (Phi) is 11.5. The number of rotatable bonds is 8. The summed E-state index contributed by atoms with van der Waals surface area (Å²) in [6.45, 7) is 11.2. The van der Waals surface area contributed by atoms with Crippen LogP contribution in [0.5, 0.6) is 0 Å². The van der Waals surface area contributed by atoms with Crippen molar-refractivity contribution in [3.63, 3.8) is 0 Å². The first kappa shape index (κ1) is 23.8. The van der Waals surface area contributed by atoms with Gasteiger partial charge < -0.3 is 25.0 Å². The first-order valence-corrected chi connectivity index (χ1v) is 10.0. The minimum absolute atomic E-state index is 0.0144. The van der Waals surface area contributed by atoms with Gasteiger partial charge in [-0.05, 0) is 42.6 Å². The molecule has 5 unspecified atom stereocenters.